The van der Waals surface area contributed by atoms with Crippen molar-refractivity contribution < 1.29 is 4.43 Å². The highest BCUT2D eigenvalue weighted by atomic mass is 28.4. The van der Waals surface area contributed by atoms with Gasteiger partial charge in [0.25, 0.3) is 0 Å². The van der Waals surface area contributed by atoms with Gasteiger partial charge in [0, 0.05) is 20.3 Å². The number of nitrogens with one attached hydrogen (secondary N) is 1. The Morgan fingerprint density at radius 2 is 2.21 bits per heavy atom. The molecule has 3 nitrogen and oxygen atoms in total. The fourth-order valence-corrected chi connectivity index (χ4v) is 2.98. The van der Waals surface area contributed by atoms with E-state index in [0.29, 0.717) is 0 Å². The maximum absolute atomic E-state index is 5.53. The molecule has 1 aliphatic heterocycles. The third-order valence-electron chi connectivity index (χ3n) is 2.97. The Morgan fingerprint density at radius 3 is 2.79 bits per heavy atom. The first kappa shape index (κ1) is 12.2. The van der Waals surface area contributed by atoms with E-state index in [1.54, 1.807) is 0 Å². The van der Waals surface area contributed by atoms with E-state index in [0.717, 1.165) is 6.67 Å². The summed E-state index contributed by atoms with van der Waals surface area (Å²) in [6, 6.07) is 1.28. The van der Waals surface area contributed by atoms with Crippen molar-refractivity contribution in [1.29, 1.82) is 0 Å². The average Bonchev–Trinajstić information content (AvgIpc) is 2.19. The van der Waals surface area contributed by atoms with Crippen LogP contribution in [0, 0.1) is 0 Å². The second kappa shape index (κ2) is 5.85. The summed E-state index contributed by atoms with van der Waals surface area (Å²) in [4.78, 5) is 2.50. The van der Waals surface area contributed by atoms with Crippen LogP contribution in [0.4, 0.5) is 0 Å². The van der Waals surface area contributed by atoms with Gasteiger partial charge in [-0.15, -0.1) is 0 Å². The molecule has 0 spiro atoms. The van der Waals surface area contributed by atoms with Crippen LogP contribution in [-0.2, 0) is 4.43 Å². The molecule has 0 bridgehead atoms. The maximum atomic E-state index is 5.53. The fourth-order valence-electron chi connectivity index (χ4n) is 1.77. The van der Waals surface area contributed by atoms with Crippen molar-refractivity contribution in [2.45, 2.75) is 32.0 Å². The lowest BCUT2D eigenvalue weighted by Crippen LogP contribution is -2.42. The second-order valence-electron chi connectivity index (χ2n) is 4.70. The second-order valence-corrected chi connectivity index (χ2v) is 9.12. The van der Waals surface area contributed by atoms with E-state index >= 15 is 0 Å². The molecule has 0 saturated carbocycles. The zero-order chi connectivity index (χ0) is 10.4. The van der Waals surface area contributed by atoms with Crippen molar-refractivity contribution in [1.82, 2.24) is 10.2 Å². The molecule has 1 N–H and O–H groups in total. The van der Waals surface area contributed by atoms with E-state index in [1.165, 1.54) is 38.5 Å². The highest BCUT2D eigenvalue weighted by molar-refractivity contribution is 6.71. The molecule has 0 unspecified atom stereocenters. The fraction of sp³-hybridized carbons (Fsp3) is 1.00. The summed E-state index contributed by atoms with van der Waals surface area (Å²) in [5.41, 5.74) is 0. The van der Waals surface area contributed by atoms with E-state index in [9.17, 15) is 0 Å². The van der Waals surface area contributed by atoms with Gasteiger partial charge >= 0.3 is 0 Å². The molecule has 1 saturated heterocycles. The number of hydrogen-bond acceptors (Lipinski definition) is 3. The number of rotatable bonds is 5. The molecule has 0 aliphatic carbocycles. The van der Waals surface area contributed by atoms with Crippen molar-refractivity contribution in [2.24, 2.45) is 0 Å². The SMILES string of the molecule is CO[Si](C)(C)CCCN1CCCNC1. The van der Waals surface area contributed by atoms with Crippen molar-refractivity contribution in [2.75, 3.05) is 33.4 Å². The molecule has 1 rings (SSSR count). The summed E-state index contributed by atoms with van der Waals surface area (Å²) in [5.74, 6) is 0. The van der Waals surface area contributed by atoms with Crippen LogP contribution in [0.15, 0.2) is 0 Å². The highest BCUT2D eigenvalue weighted by Gasteiger charge is 2.20. The summed E-state index contributed by atoms with van der Waals surface area (Å²) in [6.45, 7) is 9.35. The zero-order valence-corrected chi connectivity index (χ0v) is 10.8. The van der Waals surface area contributed by atoms with Crippen LogP contribution >= 0.6 is 0 Å². The van der Waals surface area contributed by atoms with Crippen LogP contribution in [0.5, 0.6) is 0 Å². The van der Waals surface area contributed by atoms with Gasteiger partial charge in [-0.1, -0.05) is 0 Å². The lowest BCUT2D eigenvalue weighted by molar-refractivity contribution is 0.215. The Labute approximate surface area is 88.9 Å². The molecule has 0 radical (unpaired) electrons. The van der Waals surface area contributed by atoms with Gasteiger partial charge in [0.15, 0.2) is 8.32 Å². The summed E-state index contributed by atoms with van der Waals surface area (Å²) in [7, 11) is 0.547. The molecule has 0 aromatic carbocycles. The predicted octanol–water partition coefficient (Wildman–Crippen LogP) is 1.48. The molecular weight excluding hydrogens is 192 g/mol. The molecule has 1 heterocycles. The van der Waals surface area contributed by atoms with E-state index in [4.69, 9.17) is 4.43 Å². The summed E-state index contributed by atoms with van der Waals surface area (Å²) in [5, 5.41) is 3.40. The van der Waals surface area contributed by atoms with Gasteiger partial charge in [-0.3, -0.25) is 4.90 Å². The molecule has 14 heavy (non-hydrogen) atoms. The van der Waals surface area contributed by atoms with Crippen molar-refractivity contribution >= 4 is 8.32 Å². The summed E-state index contributed by atoms with van der Waals surface area (Å²) >= 11 is 0. The van der Waals surface area contributed by atoms with Crippen LogP contribution in [0.1, 0.15) is 12.8 Å². The molecule has 84 valence electrons. The Hall–Kier alpha value is 0.0969. The van der Waals surface area contributed by atoms with Gasteiger partial charge in [0.2, 0.25) is 0 Å². The molecule has 1 fully saturated rings. The predicted molar refractivity (Wildman–Crippen MR) is 63.0 cm³/mol. The zero-order valence-electron chi connectivity index (χ0n) is 9.81. The first-order valence-electron chi connectivity index (χ1n) is 5.62. The molecular formula is C10H24N2OSi. The smallest absolute Gasteiger partial charge is 0.186 e. The molecule has 0 atom stereocenters. The summed E-state index contributed by atoms with van der Waals surface area (Å²) < 4.78 is 5.53. The maximum Gasteiger partial charge on any atom is 0.186 e. The number of nitrogens with zero attached hydrogens (tertiary/aromatic N) is 1. The minimum absolute atomic E-state index is 1.08. The largest absolute Gasteiger partial charge is 0.420 e. The first-order valence-corrected chi connectivity index (χ1v) is 8.74. The number of hydrogen-bond donors (Lipinski definition) is 1. The third kappa shape index (κ3) is 4.55. The highest BCUT2D eigenvalue weighted by Crippen LogP contribution is 2.13. The van der Waals surface area contributed by atoms with Crippen molar-refractivity contribution in [3.05, 3.63) is 0 Å². The van der Waals surface area contributed by atoms with Crippen LogP contribution in [0.3, 0.4) is 0 Å². The van der Waals surface area contributed by atoms with Gasteiger partial charge < -0.3 is 9.74 Å². The van der Waals surface area contributed by atoms with Gasteiger partial charge in [-0.25, -0.2) is 0 Å². The molecule has 4 heteroatoms. The Bertz CT molecular complexity index is 158. The normalized spacial score (nSPS) is 19.9. The summed E-state index contributed by atoms with van der Waals surface area (Å²) in [6.07, 6.45) is 2.58. The topological polar surface area (TPSA) is 24.5 Å². The third-order valence-corrected chi connectivity index (χ3v) is 5.63. The van der Waals surface area contributed by atoms with E-state index in [1.807, 2.05) is 7.11 Å². The Balaban J connectivity index is 2.08. The molecule has 0 amide bonds. The van der Waals surface area contributed by atoms with Crippen LogP contribution in [0.25, 0.3) is 0 Å². The minimum atomic E-state index is -1.31. The van der Waals surface area contributed by atoms with Gasteiger partial charge in [-0.05, 0) is 45.1 Å². The van der Waals surface area contributed by atoms with Gasteiger partial charge in [0.05, 0.1) is 0 Å². The van der Waals surface area contributed by atoms with Crippen LogP contribution in [-0.4, -0.2) is 46.6 Å². The minimum Gasteiger partial charge on any atom is -0.420 e. The molecule has 0 aromatic rings. The van der Waals surface area contributed by atoms with E-state index < -0.39 is 8.32 Å². The average molecular weight is 216 g/mol. The van der Waals surface area contributed by atoms with Crippen LogP contribution in [0.2, 0.25) is 19.1 Å². The lowest BCUT2D eigenvalue weighted by atomic mass is 10.3. The van der Waals surface area contributed by atoms with Crippen molar-refractivity contribution in [3.8, 4) is 0 Å². The van der Waals surface area contributed by atoms with E-state index in [2.05, 4.69) is 23.3 Å². The van der Waals surface area contributed by atoms with Crippen LogP contribution < -0.4 is 5.32 Å². The first-order chi connectivity index (χ1) is 6.64. The molecule has 1 aliphatic rings. The molecule has 0 aromatic heterocycles. The quantitative estimate of drug-likeness (QED) is 0.705. The Kier molecular flexibility index (Phi) is 5.09. The van der Waals surface area contributed by atoms with Crippen molar-refractivity contribution in [3.63, 3.8) is 0 Å². The van der Waals surface area contributed by atoms with Gasteiger partial charge in [0.1, 0.15) is 0 Å². The monoisotopic (exact) mass is 216 g/mol. The standard InChI is InChI=1S/C10H24N2OSi/c1-13-14(2,3)9-5-8-12-7-4-6-11-10-12/h11H,4-10H2,1-3H3. The van der Waals surface area contributed by atoms with Gasteiger partial charge in [-0.2, -0.15) is 0 Å². The lowest BCUT2D eigenvalue weighted by Gasteiger charge is -2.28. The Morgan fingerprint density at radius 1 is 1.43 bits per heavy atom. The van der Waals surface area contributed by atoms with E-state index in [-0.39, 0.29) is 0 Å².